The summed E-state index contributed by atoms with van der Waals surface area (Å²) in [6, 6.07) is 0. The summed E-state index contributed by atoms with van der Waals surface area (Å²) in [5, 5.41) is 6.64. The van der Waals surface area contributed by atoms with E-state index in [2.05, 4.69) is 34.4 Å². The predicted octanol–water partition coefficient (Wildman–Crippen LogP) is 1.92. The van der Waals surface area contributed by atoms with Crippen molar-refractivity contribution in [1.29, 1.82) is 0 Å². The van der Waals surface area contributed by atoms with Crippen molar-refractivity contribution in [3.8, 4) is 0 Å². The molecule has 0 saturated carbocycles. The van der Waals surface area contributed by atoms with E-state index in [4.69, 9.17) is 0 Å². The van der Waals surface area contributed by atoms with Crippen LogP contribution < -0.4 is 10.6 Å². The van der Waals surface area contributed by atoms with Crippen LogP contribution >= 0.6 is 0 Å². The first-order valence-electron chi connectivity index (χ1n) is 10.5. The lowest BCUT2D eigenvalue weighted by Gasteiger charge is -2.31. The largest absolute Gasteiger partial charge is 0.356 e. The van der Waals surface area contributed by atoms with Crippen LogP contribution in [0, 0.1) is 11.8 Å². The lowest BCUT2D eigenvalue weighted by molar-refractivity contribution is -0.132. The molecule has 2 heterocycles. The maximum absolute atomic E-state index is 12.3. The molecule has 6 nitrogen and oxygen atoms in total. The monoisotopic (exact) mass is 365 g/mol. The Balaban J connectivity index is 1.54. The minimum absolute atomic E-state index is 0.263. The molecule has 0 aliphatic carbocycles. The van der Waals surface area contributed by atoms with Crippen molar-refractivity contribution in [1.82, 2.24) is 20.4 Å². The van der Waals surface area contributed by atoms with Gasteiger partial charge in [-0.25, -0.2) is 0 Å². The normalized spacial score (nSPS) is 23.1. The van der Waals surface area contributed by atoms with Gasteiger partial charge in [-0.3, -0.25) is 9.79 Å². The zero-order valence-electron chi connectivity index (χ0n) is 17.1. The van der Waals surface area contributed by atoms with E-state index in [0.717, 1.165) is 50.9 Å². The van der Waals surface area contributed by atoms with Crippen LogP contribution in [0.1, 0.15) is 52.4 Å². The van der Waals surface area contributed by atoms with Crippen LogP contribution in [0.25, 0.3) is 0 Å². The molecular formula is C20H39N5O. The van der Waals surface area contributed by atoms with E-state index in [0.29, 0.717) is 18.9 Å². The average molecular weight is 366 g/mol. The van der Waals surface area contributed by atoms with E-state index >= 15 is 0 Å². The first kappa shape index (κ1) is 21.0. The molecule has 150 valence electrons. The molecule has 0 aromatic heterocycles. The Morgan fingerprint density at radius 3 is 2.46 bits per heavy atom. The second kappa shape index (κ2) is 11.4. The van der Waals surface area contributed by atoms with E-state index in [9.17, 15) is 4.79 Å². The van der Waals surface area contributed by atoms with E-state index in [-0.39, 0.29) is 5.91 Å². The van der Waals surface area contributed by atoms with Gasteiger partial charge in [-0.1, -0.05) is 13.8 Å². The Bertz CT molecular complexity index is 445. The molecule has 2 aliphatic heterocycles. The third-order valence-electron chi connectivity index (χ3n) is 5.68. The Kier molecular flexibility index (Phi) is 9.23. The van der Waals surface area contributed by atoms with Gasteiger partial charge >= 0.3 is 0 Å². The quantitative estimate of drug-likeness (QED) is 0.411. The topological polar surface area (TPSA) is 60.0 Å². The molecule has 0 spiro atoms. The highest BCUT2D eigenvalue weighted by molar-refractivity contribution is 5.81. The lowest BCUT2D eigenvalue weighted by atomic mass is 9.99. The average Bonchev–Trinajstić information content (AvgIpc) is 2.65. The second-order valence-electron chi connectivity index (χ2n) is 8.14. The van der Waals surface area contributed by atoms with Crippen LogP contribution in [0.4, 0.5) is 0 Å². The molecule has 1 atom stereocenters. The number of guanidine groups is 1. The first-order valence-corrected chi connectivity index (χ1v) is 10.5. The zero-order chi connectivity index (χ0) is 18.8. The molecule has 26 heavy (non-hydrogen) atoms. The van der Waals surface area contributed by atoms with Gasteiger partial charge in [0.25, 0.3) is 0 Å². The number of aliphatic imine (C=N–C) groups is 1. The summed E-state index contributed by atoms with van der Waals surface area (Å²) in [6.45, 7) is 11.6. The van der Waals surface area contributed by atoms with Crippen LogP contribution in [0.15, 0.2) is 4.99 Å². The van der Waals surface area contributed by atoms with Gasteiger partial charge in [0.05, 0.1) is 0 Å². The van der Waals surface area contributed by atoms with Gasteiger partial charge in [0.15, 0.2) is 5.96 Å². The third-order valence-corrected chi connectivity index (χ3v) is 5.68. The van der Waals surface area contributed by atoms with Crippen molar-refractivity contribution < 1.29 is 4.79 Å². The van der Waals surface area contributed by atoms with Gasteiger partial charge in [-0.15, -0.1) is 0 Å². The van der Waals surface area contributed by atoms with E-state index < -0.39 is 0 Å². The third kappa shape index (κ3) is 7.52. The molecule has 1 unspecified atom stereocenters. The van der Waals surface area contributed by atoms with Crippen molar-refractivity contribution in [2.75, 3.05) is 52.9 Å². The van der Waals surface area contributed by atoms with Crippen molar-refractivity contribution in [2.24, 2.45) is 16.8 Å². The summed E-state index contributed by atoms with van der Waals surface area (Å²) < 4.78 is 0. The van der Waals surface area contributed by atoms with Gasteiger partial charge < -0.3 is 20.4 Å². The molecule has 0 aromatic carbocycles. The number of hydrogen-bond donors (Lipinski definition) is 2. The van der Waals surface area contributed by atoms with Crippen molar-refractivity contribution >= 4 is 11.9 Å². The Labute approximate surface area is 159 Å². The van der Waals surface area contributed by atoms with Crippen molar-refractivity contribution in [3.05, 3.63) is 0 Å². The number of carbonyl (C=O) groups is 1. The van der Waals surface area contributed by atoms with Crippen molar-refractivity contribution in [3.63, 3.8) is 0 Å². The Morgan fingerprint density at radius 2 is 1.77 bits per heavy atom. The molecule has 1 amide bonds. The summed E-state index contributed by atoms with van der Waals surface area (Å²) in [7, 11) is 1.79. The van der Waals surface area contributed by atoms with Crippen LogP contribution in [-0.2, 0) is 4.79 Å². The second-order valence-corrected chi connectivity index (χ2v) is 8.14. The van der Waals surface area contributed by atoms with E-state index in [1.165, 1.54) is 32.4 Å². The lowest BCUT2D eigenvalue weighted by Crippen LogP contribution is -2.43. The highest BCUT2D eigenvalue weighted by Gasteiger charge is 2.20. The van der Waals surface area contributed by atoms with Gasteiger partial charge in [-0.05, 0) is 63.6 Å². The minimum atomic E-state index is 0.263. The van der Waals surface area contributed by atoms with Crippen LogP contribution in [0.5, 0.6) is 0 Å². The number of carbonyl (C=O) groups excluding carboxylic acids is 1. The standard InChI is InChI=1S/C20H39N5O/c1-17-8-14-24(15-9-17)12-5-10-22-20(21-3)23-11-7-19(26)25-13-4-6-18(2)16-25/h17-18H,4-16H2,1-3H3,(H2,21,22,23). The maximum Gasteiger partial charge on any atom is 0.224 e. The smallest absolute Gasteiger partial charge is 0.224 e. The van der Waals surface area contributed by atoms with E-state index in [1.807, 2.05) is 4.90 Å². The number of amides is 1. The molecule has 2 saturated heterocycles. The number of piperidine rings is 2. The molecule has 2 aliphatic rings. The SMILES string of the molecule is CN=C(NCCCN1CCC(C)CC1)NCCC(=O)N1CCCC(C)C1. The summed E-state index contributed by atoms with van der Waals surface area (Å²) >= 11 is 0. The number of hydrogen-bond acceptors (Lipinski definition) is 3. The predicted molar refractivity (Wildman–Crippen MR) is 108 cm³/mol. The molecular weight excluding hydrogens is 326 g/mol. The fourth-order valence-electron chi connectivity index (χ4n) is 3.88. The van der Waals surface area contributed by atoms with Crippen LogP contribution in [-0.4, -0.2) is 74.5 Å². The number of rotatable bonds is 7. The van der Waals surface area contributed by atoms with Crippen molar-refractivity contribution in [2.45, 2.75) is 52.4 Å². The summed E-state index contributed by atoms with van der Waals surface area (Å²) in [5.41, 5.74) is 0. The molecule has 2 rings (SSSR count). The minimum Gasteiger partial charge on any atom is -0.356 e. The zero-order valence-corrected chi connectivity index (χ0v) is 17.1. The summed E-state index contributed by atoms with van der Waals surface area (Å²) in [6.07, 6.45) is 6.72. The Hall–Kier alpha value is -1.30. The summed E-state index contributed by atoms with van der Waals surface area (Å²) in [5.74, 6) is 2.59. The summed E-state index contributed by atoms with van der Waals surface area (Å²) in [4.78, 5) is 21.1. The molecule has 2 fully saturated rings. The van der Waals surface area contributed by atoms with Gasteiger partial charge in [0.1, 0.15) is 0 Å². The fraction of sp³-hybridized carbons (Fsp3) is 0.900. The van der Waals surface area contributed by atoms with E-state index in [1.54, 1.807) is 7.05 Å². The molecule has 6 heteroatoms. The Morgan fingerprint density at radius 1 is 1.04 bits per heavy atom. The van der Waals surface area contributed by atoms with Crippen LogP contribution in [0.3, 0.4) is 0 Å². The van der Waals surface area contributed by atoms with Gasteiger partial charge in [0, 0.05) is 39.6 Å². The van der Waals surface area contributed by atoms with Gasteiger partial charge in [-0.2, -0.15) is 0 Å². The number of nitrogens with one attached hydrogen (secondary N) is 2. The molecule has 2 N–H and O–H groups in total. The fourth-order valence-corrected chi connectivity index (χ4v) is 3.88. The first-order chi connectivity index (χ1) is 12.6. The highest BCUT2D eigenvalue weighted by Crippen LogP contribution is 2.16. The number of nitrogens with zero attached hydrogens (tertiary/aromatic N) is 3. The number of likely N-dealkylation sites (tertiary alicyclic amines) is 2. The molecule has 0 bridgehead atoms. The van der Waals surface area contributed by atoms with Gasteiger partial charge in [0.2, 0.25) is 5.91 Å². The van der Waals surface area contributed by atoms with Crippen LogP contribution in [0.2, 0.25) is 0 Å². The molecule has 0 radical (unpaired) electrons. The molecule has 0 aromatic rings. The highest BCUT2D eigenvalue weighted by atomic mass is 16.2. The maximum atomic E-state index is 12.3.